The molecule has 2 aromatic rings. The molecule has 1 aromatic carbocycles. The molecule has 7 heteroatoms. The van der Waals surface area contributed by atoms with Crippen molar-refractivity contribution in [1.29, 1.82) is 0 Å². The average molecular weight is 247 g/mol. The van der Waals surface area contributed by atoms with Gasteiger partial charge in [-0.15, -0.1) is 15.0 Å². The third-order valence-electron chi connectivity index (χ3n) is 2.36. The summed E-state index contributed by atoms with van der Waals surface area (Å²) in [5.41, 5.74) is 1.80. The van der Waals surface area contributed by atoms with Crippen LogP contribution in [-0.2, 0) is 11.2 Å². The molecule has 0 bridgehead atoms. The Morgan fingerprint density at radius 2 is 2.00 bits per heavy atom. The van der Waals surface area contributed by atoms with Gasteiger partial charge in [-0.2, -0.15) is 0 Å². The lowest BCUT2D eigenvalue weighted by Gasteiger charge is -2.12. The molecule has 18 heavy (non-hydrogen) atoms. The maximum Gasteiger partial charge on any atom is 0.311 e. The van der Waals surface area contributed by atoms with Crippen molar-refractivity contribution in [3.05, 3.63) is 30.1 Å². The van der Waals surface area contributed by atoms with E-state index in [0.717, 1.165) is 11.4 Å². The zero-order valence-electron chi connectivity index (χ0n) is 10.1. The van der Waals surface area contributed by atoms with Gasteiger partial charge in [-0.25, -0.2) is 0 Å². The van der Waals surface area contributed by atoms with E-state index in [4.69, 9.17) is 5.11 Å². The van der Waals surface area contributed by atoms with Crippen molar-refractivity contribution in [2.75, 3.05) is 19.0 Å². The lowest BCUT2D eigenvalue weighted by atomic mass is 10.3. The number of carboxylic acid groups (broad SMARTS) is 1. The van der Waals surface area contributed by atoms with E-state index in [2.05, 4.69) is 15.4 Å². The van der Waals surface area contributed by atoms with E-state index in [-0.39, 0.29) is 12.2 Å². The summed E-state index contributed by atoms with van der Waals surface area (Å²) < 4.78 is 0. The maximum atomic E-state index is 10.5. The minimum Gasteiger partial charge on any atom is -0.481 e. The van der Waals surface area contributed by atoms with Crippen molar-refractivity contribution in [2.24, 2.45) is 0 Å². The van der Waals surface area contributed by atoms with Gasteiger partial charge in [-0.3, -0.25) is 4.79 Å². The van der Waals surface area contributed by atoms with E-state index in [1.165, 1.54) is 4.80 Å². The van der Waals surface area contributed by atoms with Gasteiger partial charge in [-0.1, -0.05) is 0 Å². The molecule has 0 radical (unpaired) electrons. The van der Waals surface area contributed by atoms with Gasteiger partial charge >= 0.3 is 5.97 Å². The highest BCUT2D eigenvalue weighted by Gasteiger charge is 2.08. The topological polar surface area (TPSA) is 84.1 Å². The van der Waals surface area contributed by atoms with Crippen LogP contribution in [0, 0.1) is 0 Å². The number of nitrogens with zero attached hydrogens (tertiary/aromatic N) is 5. The van der Waals surface area contributed by atoms with Crippen molar-refractivity contribution in [3.63, 3.8) is 0 Å². The second-order valence-corrected chi connectivity index (χ2v) is 3.98. The van der Waals surface area contributed by atoms with Gasteiger partial charge in [0.15, 0.2) is 5.82 Å². The molecule has 0 amide bonds. The van der Waals surface area contributed by atoms with Crippen LogP contribution in [0.2, 0.25) is 0 Å². The number of anilines is 1. The molecule has 7 nitrogen and oxygen atoms in total. The lowest BCUT2D eigenvalue weighted by molar-refractivity contribution is -0.136. The van der Waals surface area contributed by atoms with E-state index >= 15 is 0 Å². The molecule has 1 N–H and O–H groups in total. The van der Waals surface area contributed by atoms with Crippen LogP contribution in [0.25, 0.3) is 5.69 Å². The molecule has 0 aliphatic rings. The van der Waals surface area contributed by atoms with Crippen molar-refractivity contribution < 1.29 is 9.90 Å². The predicted octanol–water partition coefficient (Wildman–Crippen LogP) is 0.355. The second-order valence-electron chi connectivity index (χ2n) is 3.98. The standard InChI is InChI=1S/C11H13N5O2/c1-15(2)8-3-5-9(6-4-8)16-13-10(12-14-16)7-11(17)18/h3-6H,7H2,1-2H3,(H,17,18). The maximum absolute atomic E-state index is 10.5. The minimum absolute atomic E-state index is 0.194. The summed E-state index contributed by atoms with van der Waals surface area (Å²) in [4.78, 5) is 13.8. The van der Waals surface area contributed by atoms with Gasteiger partial charge in [-0.05, 0) is 29.5 Å². The van der Waals surface area contributed by atoms with Crippen LogP contribution in [-0.4, -0.2) is 45.4 Å². The number of benzene rings is 1. The Hall–Kier alpha value is -2.44. The number of aliphatic carboxylic acids is 1. The van der Waals surface area contributed by atoms with Crippen LogP contribution in [0.4, 0.5) is 5.69 Å². The molecule has 0 aliphatic heterocycles. The monoisotopic (exact) mass is 247 g/mol. The van der Waals surface area contributed by atoms with Crippen molar-refractivity contribution in [2.45, 2.75) is 6.42 Å². The zero-order valence-corrected chi connectivity index (χ0v) is 10.1. The van der Waals surface area contributed by atoms with Gasteiger partial charge in [0.05, 0.1) is 5.69 Å². The summed E-state index contributed by atoms with van der Waals surface area (Å²) in [7, 11) is 3.90. The third-order valence-corrected chi connectivity index (χ3v) is 2.36. The van der Waals surface area contributed by atoms with Crippen LogP contribution in [0.3, 0.4) is 0 Å². The Labute approximate surface area is 104 Å². The molecule has 0 saturated carbocycles. The largest absolute Gasteiger partial charge is 0.481 e. The molecule has 0 saturated heterocycles. The lowest BCUT2D eigenvalue weighted by Crippen LogP contribution is -2.08. The van der Waals surface area contributed by atoms with Gasteiger partial charge in [0, 0.05) is 19.8 Å². The van der Waals surface area contributed by atoms with Crippen LogP contribution >= 0.6 is 0 Å². The number of rotatable bonds is 4. The van der Waals surface area contributed by atoms with Crippen molar-refractivity contribution in [1.82, 2.24) is 20.2 Å². The first-order valence-electron chi connectivity index (χ1n) is 5.35. The van der Waals surface area contributed by atoms with Gasteiger partial charge < -0.3 is 10.0 Å². The van der Waals surface area contributed by atoms with Crippen LogP contribution in [0.5, 0.6) is 0 Å². The molecule has 0 aliphatic carbocycles. The van der Waals surface area contributed by atoms with Crippen molar-refractivity contribution in [3.8, 4) is 5.69 Å². The van der Waals surface area contributed by atoms with Gasteiger partial charge in [0.25, 0.3) is 0 Å². The molecule has 1 heterocycles. The fraction of sp³-hybridized carbons (Fsp3) is 0.273. The van der Waals surface area contributed by atoms with E-state index in [1.54, 1.807) is 0 Å². The van der Waals surface area contributed by atoms with Crippen LogP contribution < -0.4 is 4.90 Å². The molecule has 0 unspecified atom stereocenters. The SMILES string of the molecule is CN(C)c1ccc(-n2nnc(CC(=O)O)n2)cc1. The summed E-state index contributed by atoms with van der Waals surface area (Å²) in [5.74, 6) is -0.781. The van der Waals surface area contributed by atoms with Crippen LogP contribution in [0.1, 0.15) is 5.82 Å². The molecule has 0 fully saturated rings. The Balaban J connectivity index is 2.20. The number of carboxylic acids is 1. The van der Waals surface area contributed by atoms with E-state index in [0.29, 0.717) is 0 Å². The number of hydrogen-bond acceptors (Lipinski definition) is 5. The Morgan fingerprint density at radius 1 is 1.33 bits per heavy atom. The fourth-order valence-corrected chi connectivity index (χ4v) is 1.44. The smallest absolute Gasteiger partial charge is 0.311 e. The summed E-state index contributed by atoms with van der Waals surface area (Å²) >= 11 is 0. The first-order valence-corrected chi connectivity index (χ1v) is 5.35. The summed E-state index contributed by atoms with van der Waals surface area (Å²) in [6.07, 6.45) is -0.226. The highest BCUT2D eigenvalue weighted by molar-refractivity contribution is 5.68. The number of aromatic nitrogens is 4. The first-order chi connectivity index (χ1) is 8.56. The highest BCUT2D eigenvalue weighted by Crippen LogP contribution is 2.13. The first kappa shape index (κ1) is 12.0. The minimum atomic E-state index is -0.975. The number of hydrogen-bond donors (Lipinski definition) is 1. The quantitative estimate of drug-likeness (QED) is 0.839. The molecule has 0 atom stereocenters. The van der Waals surface area contributed by atoms with Gasteiger partial charge in [0.2, 0.25) is 0 Å². The second kappa shape index (κ2) is 4.82. The average Bonchev–Trinajstić information content (AvgIpc) is 2.76. The fourth-order valence-electron chi connectivity index (χ4n) is 1.44. The molecule has 0 spiro atoms. The van der Waals surface area contributed by atoms with E-state index in [1.807, 2.05) is 43.3 Å². The molecular weight excluding hydrogens is 234 g/mol. The summed E-state index contributed by atoms with van der Waals surface area (Å²) in [6.45, 7) is 0. The Bertz CT molecular complexity index is 547. The molecule has 94 valence electrons. The predicted molar refractivity (Wildman–Crippen MR) is 64.8 cm³/mol. The Kier molecular flexibility index (Phi) is 3.22. The zero-order chi connectivity index (χ0) is 13.1. The van der Waals surface area contributed by atoms with E-state index in [9.17, 15) is 4.79 Å². The molecule has 1 aromatic heterocycles. The normalized spacial score (nSPS) is 10.3. The summed E-state index contributed by atoms with van der Waals surface area (Å²) in [6, 6.07) is 7.55. The number of tetrazole rings is 1. The Morgan fingerprint density at radius 3 is 2.56 bits per heavy atom. The highest BCUT2D eigenvalue weighted by atomic mass is 16.4. The van der Waals surface area contributed by atoms with Gasteiger partial charge in [0.1, 0.15) is 6.42 Å². The summed E-state index contributed by atoms with van der Waals surface area (Å²) in [5, 5.41) is 20.1. The third kappa shape index (κ3) is 2.62. The van der Waals surface area contributed by atoms with Crippen molar-refractivity contribution >= 4 is 11.7 Å². The molecule has 2 rings (SSSR count). The van der Waals surface area contributed by atoms with E-state index < -0.39 is 5.97 Å². The number of carbonyl (C=O) groups is 1. The van der Waals surface area contributed by atoms with Crippen LogP contribution in [0.15, 0.2) is 24.3 Å². The molecular formula is C11H13N5O2.